The zero-order chi connectivity index (χ0) is 16.3. The molecule has 6 nitrogen and oxygen atoms in total. The zero-order valence-electron chi connectivity index (χ0n) is 12.1. The summed E-state index contributed by atoms with van der Waals surface area (Å²) in [4.78, 5) is 30.1. The van der Waals surface area contributed by atoms with Crippen LogP contribution in [0.15, 0.2) is 17.1 Å². The van der Waals surface area contributed by atoms with Crippen LogP contribution in [0.25, 0.3) is 10.9 Å². The SMILES string of the molecule is CCOC(=O)C(C)Cc1cc2c(Cl)c(C#N)c(=O)[nH]c2cn1. The van der Waals surface area contributed by atoms with Crippen molar-refractivity contribution in [3.05, 3.63) is 38.9 Å². The van der Waals surface area contributed by atoms with Crippen LogP contribution in [0.4, 0.5) is 0 Å². The van der Waals surface area contributed by atoms with Gasteiger partial charge in [-0.25, -0.2) is 0 Å². The summed E-state index contributed by atoms with van der Waals surface area (Å²) >= 11 is 6.11. The topological polar surface area (TPSA) is 95.8 Å². The van der Waals surface area contributed by atoms with Gasteiger partial charge in [-0.2, -0.15) is 5.26 Å². The Morgan fingerprint density at radius 2 is 2.32 bits per heavy atom. The minimum absolute atomic E-state index is 0.0914. The molecule has 1 atom stereocenters. The summed E-state index contributed by atoms with van der Waals surface area (Å²) in [5, 5.41) is 9.59. The Balaban J connectivity index is 2.41. The van der Waals surface area contributed by atoms with Crippen LogP contribution in [-0.2, 0) is 16.0 Å². The normalized spacial score (nSPS) is 11.9. The minimum Gasteiger partial charge on any atom is -0.466 e. The third-order valence-corrected chi connectivity index (χ3v) is 3.60. The monoisotopic (exact) mass is 319 g/mol. The third kappa shape index (κ3) is 3.10. The fourth-order valence-electron chi connectivity index (χ4n) is 2.09. The molecule has 1 N–H and O–H groups in total. The molecule has 2 heterocycles. The van der Waals surface area contributed by atoms with Crippen molar-refractivity contribution in [2.45, 2.75) is 20.3 Å². The molecule has 0 bridgehead atoms. The fraction of sp³-hybridized carbons (Fsp3) is 0.333. The first-order chi connectivity index (χ1) is 10.5. The lowest BCUT2D eigenvalue weighted by molar-refractivity contribution is -0.147. The van der Waals surface area contributed by atoms with E-state index in [2.05, 4.69) is 9.97 Å². The summed E-state index contributed by atoms with van der Waals surface area (Å²) in [6.45, 7) is 3.82. The van der Waals surface area contributed by atoms with Crippen molar-refractivity contribution in [3.63, 3.8) is 0 Å². The van der Waals surface area contributed by atoms with Crippen molar-refractivity contribution < 1.29 is 9.53 Å². The number of rotatable bonds is 4. The number of nitriles is 1. The second-order valence-electron chi connectivity index (χ2n) is 4.83. The van der Waals surface area contributed by atoms with E-state index in [1.54, 1.807) is 26.0 Å². The highest BCUT2D eigenvalue weighted by Crippen LogP contribution is 2.24. The average molecular weight is 320 g/mol. The fourth-order valence-corrected chi connectivity index (χ4v) is 2.38. The lowest BCUT2D eigenvalue weighted by atomic mass is 10.0. The van der Waals surface area contributed by atoms with Gasteiger partial charge in [-0.15, -0.1) is 0 Å². The summed E-state index contributed by atoms with van der Waals surface area (Å²) in [6, 6.07) is 3.45. The molecule has 0 saturated heterocycles. The first-order valence-corrected chi connectivity index (χ1v) is 7.12. The summed E-state index contributed by atoms with van der Waals surface area (Å²) in [5.41, 5.74) is 0.395. The molecule has 0 aliphatic rings. The third-order valence-electron chi connectivity index (χ3n) is 3.21. The number of aromatic nitrogens is 2. The molecule has 0 aliphatic carbocycles. The number of halogens is 1. The summed E-state index contributed by atoms with van der Waals surface area (Å²) in [6.07, 6.45) is 1.85. The molecule has 0 spiro atoms. The van der Waals surface area contributed by atoms with Crippen LogP contribution in [0.3, 0.4) is 0 Å². The Morgan fingerprint density at radius 3 is 2.95 bits per heavy atom. The van der Waals surface area contributed by atoms with Gasteiger partial charge < -0.3 is 9.72 Å². The van der Waals surface area contributed by atoms with Gasteiger partial charge in [-0.1, -0.05) is 18.5 Å². The number of hydrogen-bond acceptors (Lipinski definition) is 5. The molecule has 0 fully saturated rings. The van der Waals surface area contributed by atoms with E-state index in [-0.39, 0.29) is 22.5 Å². The van der Waals surface area contributed by atoms with E-state index in [9.17, 15) is 9.59 Å². The Hall–Kier alpha value is -2.39. The minimum atomic E-state index is -0.547. The van der Waals surface area contributed by atoms with Crippen molar-refractivity contribution in [3.8, 4) is 6.07 Å². The zero-order valence-corrected chi connectivity index (χ0v) is 12.9. The summed E-state index contributed by atoms with van der Waals surface area (Å²) in [5.74, 6) is -0.642. The van der Waals surface area contributed by atoms with Crippen LogP contribution in [0, 0.1) is 17.2 Å². The number of aromatic amines is 1. The highest BCUT2D eigenvalue weighted by atomic mass is 35.5. The van der Waals surface area contributed by atoms with Crippen LogP contribution < -0.4 is 5.56 Å². The number of H-pyrrole nitrogens is 1. The van der Waals surface area contributed by atoms with Crippen molar-refractivity contribution in [1.29, 1.82) is 5.26 Å². The Kier molecular flexibility index (Phi) is 4.78. The number of carbonyl (C=O) groups is 1. The maximum atomic E-state index is 11.7. The standard InChI is InChI=1S/C15H14ClN3O3/c1-3-22-15(21)8(2)4-9-5-10-12(7-18-9)19-14(20)11(6-17)13(10)16/h5,7-8H,3-4H2,1-2H3,(H,19,20). The van der Waals surface area contributed by atoms with Gasteiger partial charge in [0.25, 0.3) is 5.56 Å². The number of pyridine rings is 2. The van der Waals surface area contributed by atoms with Gasteiger partial charge in [-0.3, -0.25) is 14.6 Å². The van der Waals surface area contributed by atoms with E-state index in [4.69, 9.17) is 21.6 Å². The molecule has 22 heavy (non-hydrogen) atoms. The van der Waals surface area contributed by atoms with Gasteiger partial charge in [0.1, 0.15) is 11.6 Å². The molecule has 114 valence electrons. The van der Waals surface area contributed by atoms with Crippen LogP contribution in [-0.4, -0.2) is 22.5 Å². The maximum absolute atomic E-state index is 11.7. The molecular weight excluding hydrogens is 306 g/mol. The number of esters is 1. The van der Waals surface area contributed by atoms with E-state index in [1.165, 1.54) is 6.20 Å². The van der Waals surface area contributed by atoms with Gasteiger partial charge >= 0.3 is 5.97 Å². The molecule has 1 unspecified atom stereocenters. The Labute approximate surface area is 131 Å². The second kappa shape index (κ2) is 6.58. The predicted octanol–water partition coefficient (Wildman–Crippen LogP) is 2.19. The van der Waals surface area contributed by atoms with E-state index in [0.29, 0.717) is 29.6 Å². The van der Waals surface area contributed by atoms with E-state index in [0.717, 1.165) is 0 Å². The van der Waals surface area contributed by atoms with Crippen LogP contribution in [0.5, 0.6) is 0 Å². The first kappa shape index (κ1) is 16.0. The molecular formula is C15H14ClN3O3. The van der Waals surface area contributed by atoms with E-state index >= 15 is 0 Å². The number of nitrogens with zero attached hydrogens (tertiary/aromatic N) is 2. The highest BCUT2D eigenvalue weighted by molar-refractivity contribution is 6.36. The molecule has 2 aromatic heterocycles. The van der Waals surface area contributed by atoms with Crippen molar-refractivity contribution in [2.24, 2.45) is 5.92 Å². The number of carbonyl (C=O) groups excluding carboxylic acids is 1. The summed E-state index contributed by atoms with van der Waals surface area (Å²) < 4.78 is 4.96. The molecule has 0 radical (unpaired) electrons. The highest BCUT2D eigenvalue weighted by Gasteiger charge is 2.17. The van der Waals surface area contributed by atoms with Crippen molar-refractivity contribution in [2.75, 3.05) is 6.61 Å². The van der Waals surface area contributed by atoms with Crippen LogP contribution in [0.2, 0.25) is 5.02 Å². The molecule has 0 aliphatic heterocycles. The lowest BCUT2D eigenvalue weighted by Crippen LogP contribution is -2.17. The largest absolute Gasteiger partial charge is 0.466 e. The molecule has 0 amide bonds. The van der Waals surface area contributed by atoms with Crippen molar-refractivity contribution >= 4 is 28.5 Å². The second-order valence-corrected chi connectivity index (χ2v) is 5.21. The van der Waals surface area contributed by atoms with Crippen LogP contribution >= 0.6 is 11.6 Å². The predicted molar refractivity (Wildman–Crippen MR) is 81.6 cm³/mol. The average Bonchev–Trinajstić information content (AvgIpc) is 2.48. The van der Waals surface area contributed by atoms with Gasteiger partial charge in [0.2, 0.25) is 0 Å². The van der Waals surface area contributed by atoms with Gasteiger partial charge in [0.15, 0.2) is 0 Å². The van der Waals surface area contributed by atoms with E-state index in [1.807, 2.05) is 0 Å². The van der Waals surface area contributed by atoms with E-state index < -0.39 is 5.56 Å². The van der Waals surface area contributed by atoms with Gasteiger partial charge in [0.05, 0.1) is 29.3 Å². The number of nitrogens with one attached hydrogen (secondary N) is 1. The number of fused-ring (bicyclic) bond motifs is 1. The molecule has 2 rings (SSSR count). The maximum Gasteiger partial charge on any atom is 0.309 e. The first-order valence-electron chi connectivity index (χ1n) is 6.75. The Morgan fingerprint density at radius 1 is 1.59 bits per heavy atom. The van der Waals surface area contributed by atoms with Gasteiger partial charge in [-0.05, 0) is 13.0 Å². The molecule has 7 heteroatoms. The smallest absolute Gasteiger partial charge is 0.309 e. The molecule has 2 aromatic rings. The molecule has 0 aromatic carbocycles. The Bertz CT molecular complexity index is 823. The number of ether oxygens (including phenoxy) is 1. The van der Waals surface area contributed by atoms with Gasteiger partial charge in [0, 0.05) is 17.5 Å². The quantitative estimate of drug-likeness (QED) is 0.871. The lowest BCUT2D eigenvalue weighted by Gasteiger charge is -2.10. The van der Waals surface area contributed by atoms with Crippen molar-refractivity contribution in [1.82, 2.24) is 9.97 Å². The molecule has 0 saturated carbocycles. The number of hydrogen-bond donors (Lipinski definition) is 1. The summed E-state index contributed by atoms with van der Waals surface area (Å²) in [7, 11) is 0. The van der Waals surface area contributed by atoms with Crippen LogP contribution in [0.1, 0.15) is 25.1 Å².